The first-order valence-electron chi connectivity index (χ1n) is 10.2. The third-order valence-electron chi connectivity index (χ3n) is 5.92. The maximum Gasteiger partial charge on any atom is 0.152 e. The van der Waals surface area contributed by atoms with Gasteiger partial charge in [-0.05, 0) is 53.0 Å². The SMILES string of the molecule is CCC[C@H](C(C)=O)[C@H](Cc1ccc(C2=CC[N+](C)(C)CC2)cc1)c1nnn[nH]1. The van der Waals surface area contributed by atoms with Gasteiger partial charge >= 0.3 is 0 Å². The van der Waals surface area contributed by atoms with Gasteiger partial charge in [0.1, 0.15) is 5.78 Å². The van der Waals surface area contributed by atoms with Gasteiger partial charge in [0.15, 0.2) is 5.82 Å². The first-order valence-corrected chi connectivity index (χ1v) is 10.2. The van der Waals surface area contributed by atoms with E-state index in [0.29, 0.717) is 5.82 Å². The largest absolute Gasteiger partial charge is 0.325 e. The van der Waals surface area contributed by atoms with Gasteiger partial charge in [-0.1, -0.05) is 37.6 Å². The van der Waals surface area contributed by atoms with Gasteiger partial charge in [-0.25, -0.2) is 5.10 Å². The Hall–Kier alpha value is -2.34. The number of aromatic nitrogens is 4. The van der Waals surface area contributed by atoms with Crippen molar-refractivity contribution in [1.82, 2.24) is 20.6 Å². The number of carbonyl (C=O) groups excluding carboxylic acids is 1. The summed E-state index contributed by atoms with van der Waals surface area (Å²) in [4.78, 5) is 12.3. The second kappa shape index (κ2) is 8.78. The van der Waals surface area contributed by atoms with E-state index in [-0.39, 0.29) is 17.6 Å². The molecule has 1 aliphatic rings. The van der Waals surface area contributed by atoms with Crippen molar-refractivity contribution in [3.8, 4) is 0 Å². The molecule has 1 aliphatic heterocycles. The Morgan fingerprint density at radius 2 is 2.00 bits per heavy atom. The molecular weight excluding hydrogens is 350 g/mol. The maximum atomic E-state index is 12.3. The van der Waals surface area contributed by atoms with Crippen molar-refractivity contribution in [2.45, 2.75) is 45.4 Å². The molecule has 0 saturated carbocycles. The number of tetrazole rings is 1. The first-order chi connectivity index (χ1) is 13.4. The summed E-state index contributed by atoms with van der Waals surface area (Å²) in [5.74, 6) is 0.812. The molecule has 2 atom stereocenters. The van der Waals surface area contributed by atoms with Gasteiger partial charge in [0.05, 0.1) is 27.2 Å². The summed E-state index contributed by atoms with van der Waals surface area (Å²) in [5.41, 5.74) is 3.95. The van der Waals surface area contributed by atoms with Gasteiger partial charge < -0.3 is 4.48 Å². The summed E-state index contributed by atoms with van der Waals surface area (Å²) in [6.07, 6.45) is 6.05. The summed E-state index contributed by atoms with van der Waals surface area (Å²) in [5, 5.41) is 14.5. The molecule has 0 fully saturated rings. The van der Waals surface area contributed by atoms with Gasteiger partial charge in [0.25, 0.3) is 0 Å². The van der Waals surface area contributed by atoms with E-state index in [1.165, 1.54) is 23.2 Å². The van der Waals surface area contributed by atoms with Crippen molar-refractivity contribution >= 4 is 11.4 Å². The molecule has 2 aromatic rings. The average Bonchev–Trinajstić information content (AvgIpc) is 3.19. The molecular formula is C22H32N5O+. The third-order valence-corrected chi connectivity index (χ3v) is 5.92. The average molecular weight is 383 g/mol. The van der Waals surface area contributed by atoms with E-state index in [1.54, 1.807) is 6.92 Å². The number of benzene rings is 1. The number of hydrogen-bond acceptors (Lipinski definition) is 4. The Bertz CT molecular complexity index is 808. The van der Waals surface area contributed by atoms with E-state index in [2.05, 4.69) is 72.0 Å². The Morgan fingerprint density at radius 1 is 1.25 bits per heavy atom. The van der Waals surface area contributed by atoms with E-state index in [1.807, 2.05) is 0 Å². The molecule has 0 bridgehead atoms. The molecule has 0 amide bonds. The molecule has 0 aliphatic carbocycles. The van der Waals surface area contributed by atoms with E-state index < -0.39 is 0 Å². The van der Waals surface area contributed by atoms with Crippen LogP contribution in [0, 0.1) is 5.92 Å². The smallest absolute Gasteiger partial charge is 0.152 e. The number of Topliss-reactive ketones (excluding diaryl/α,β-unsaturated/α-hetero) is 1. The summed E-state index contributed by atoms with van der Waals surface area (Å²) in [6, 6.07) is 8.80. The lowest BCUT2D eigenvalue weighted by Crippen LogP contribution is -2.42. The Labute approximate surface area is 167 Å². The highest BCUT2D eigenvalue weighted by atomic mass is 16.1. The fourth-order valence-electron chi connectivity index (χ4n) is 4.10. The molecule has 150 valence electrons. The van der Waals surface area contributed by atoms with Crippen LogP contribution in [0.25, 0.3) is 5.57 Å². The highest BCUT2D eigenvalue weighted by molar-refractivity contribution is 5.79. The summed E-state index contributed by atoms with van der Waals surface area (Å²) < 4.78 is 1.05. The van der Waals surface area contributed by atoms with Crippen LogP contribution < -0.4 is 0 Å². The minimum absolute atomic E-state index is 0.0229. The van der Waals surface area contributed by atoms with E-state index in [9.17, 15) is 4.79 Å². The molecule has 1 N–H and O–H groups in total. The number of likely N-dealkylation sites (N-methyl/N-ethyl adjacent to an activating group) is 1. The van der Waals surface area contributed by atoms with Crippen molar-refractivity contribution in [3.05, 3.63) is 47.3 Å². The predicted octanol–water partition coefficient (Wildman–Crippen LogP) is 3.39. The zero-order chi connectivity index (χ0) is 20.1. The van der Waals surface area contributed by atoms with Crippen molar-refractivity contribution in [3.63, 3.8) is 0 Å². The van der Waals surface area contributed by atoms with Crippen molar-refractivity contribution < 1.29 is 9.28 Å². The monoisotopic (exact) mass is 382 g/mol. The van der Waals surface area contributed by atoms with Crippen LogP contribution in [0.4, 0.5) is 0 Å². The Balaban J connectivity index is 1.78. The second-order valence-corrected chi connectivity index (χ2v) is 8.62. The minimum atomic E-state index is -0.0690. The molecule has 1 aromatic carbocycles. The number of rotatable bonds is 8. The van der Waals surface area contributed by atoms with Gasteiger partial charge in [0, 0.05) is 18.3 Å². The molecule has 0 saturated heterocycles. The fourth-order valence-corrected chi connectivity index (χ4v) is 4.10. The van der Waals surface area contributed by atoms with E-state index >= 15 is 0 Å². The number of nitrogens with zero attached hydrogens (tertiary/aromatic N) is 4. The maximum absolute atomic E-state index is 12.3. The zero-order valence-corrected chi connectivity index (χ0v) is 17.5. The molecule has 0 radical (unpaired) electrons. The van der Waals surface area contributed by atoms with Crippen molar-refractivity contribution in [1.29, 1.82) is 0 Å². The number of quaternary nitrogens is 1. The Morgan fingerprint density at radius 3 is 2.54 bits per heavy atom. The number of carbonyl (C=O) groups is 1. The highest BCUT2D eigenvalue weighted by Crippen LogP contribution is 2.31. The zero-order valence-electron chi connectivity index (χ0n) is 17.5. The molecule has 6 heteroatoms. The topological polar surface area (TPSA) is 71.5 Å². The highest BCUT2D eigenvalue weighted by Gasteiger charge is 2.29. The van der Waals surface area contributed by atoms with Crippen LogP contribution in [0.3, 0.4) is 0 Å². The number of H-pyrrole nitrogens is 1. The predicted molar refractivity (Wildman–Crippen MR) is 111 cm³/mol. The van der Waals surface area contributed by atoms with Crippen molar-refractivity contribution in [2.75, 3.05) is 27.2 Å². The normalized spacial score (nSPS) is 18.4. The molecule has 6 nitrogen and oxygen atoms in total. The lowest BCUT2D eigenvalue weighted by molar-refractivity contribution is -0.885. The lowest BCUT2D eigenvalue weighted by atomic mass is 9.81. The number of hydrogen-bond donors (Lipinski definition) is 1. The van der Waals surface area contributed by atoms with Crippen molar-refractivity contribution in [2.24, 2.45) is 5.92 Å². The number of ketones is 1. The molecule has 3 rings (SSSR count). The summed E-state index contributed by atoms with van der Waals surface area (Å²) in [7, 11) is 4.55. The third kappa shape index (κ3) is 4.93. The summed E-state index contributed by atoms with van der Waals surface area (Å²) in [6.45, 7) is 6.04. The van der Waals surface area contributed by atoms with Crippen LogP contribution in [0.1, 0.15) is 56.0 Å². The van der Waals surface area contributed by atoms with Gasteiger partial charge in [-0.2, -0.15) is 0 Å². The summed E-state index contributed by atoms with van der Waals surface area (Å²) >= 11 is 0. The molecule has 28 heavy (non-hydrogen) atoms. The molecule has 2 heterocycles. The van der Waals surface area contributed by atoms with Crippen LogP contribution in [-0.2, 0) is 11.2 Å². The minimum Gasteiger partial charge on any atom is -0.325 e. The standard InChI is InChI=1S/C22H32N5O/c1-5-6-20(16(2)28)21(22-23-25-26-24-22)15-17-7-9-18(10-8-17)19-11-13-27(3,4)14-12-19/h7-11,20-21H,5-6,12-15H2,1-4H3,(H,23,24,25,26)/q+1/t20-,21+/m1/s1. The fraction of sp³-hybridized carbons (Fsp3) is 0.545. The second-order valence-electron chi connectivity index (χ2n) is 8.62. The molecule has 0 spiro atoms. The number of aromatic amines is 1. The molecule has 0 unspecified atom stereocenters. The van der Waals surface area contributed by atoms with E-state index in [4.69, 9.17) is 0 Å². The van der Waals surface area contributed by atoms with Crippen LogP contribution in [-0.4, -0.2) is 58.1 Å². The van der Waals surface area contributed by atoms with E-state index in [0.717, 1.165) is 36.7 Å². The molecule has 1 aromatic heterocycles. The Kier molecular flexibility index (Phi) is 6.39. The lowest BCUT2D eigenvalue weighted by Gasteiger charge is -2.32. The van der Waals surface area contributed by atoms with Crippen LogP contribution in [0.5, 0.6) is 0 Å². The number of nitrogens with one attached hydrogen (secondary N) is 1. The van der Waals surface area contributed by atoms with Gasteiger partial charge in [-0.3, -0.25) is 4.79 Å². The quantitative estimate of drug-likeness (QED) is 0.711. The van der Waals surface area contributed by atoms with Gasteiger partial charge in [-0.15, -0.1) is 5.10 Å². The van der Waals surface area contributed by atoms with Crippen LogP contribution in [0.2, 0.25) is 0 Å². The van der Waals surface area contributed by atoms with Crippen LogP contribution >= 0.6 is 0 Å². The van der Waals surface area contributed by atoms with Gasteiger partial charge in [0.2, 0.25) is 0 Å². The first kappa shape index (κ1) is 20.4. The van der Waals surface area contributed by atoms with Crippen LogP contribution in [0.15, 0.2) is 30.3 Å².